The van der Waals surface area contributed by atoms with Crippen LogP contribution in [0.1, 0.15) is 21.7 Å². The maximum absolute atomic E-state index is 13.9. The second kappa shape index (κ2) is 10.3. The number of fused-ring (bicyclic) bond motifs is 1. The summed E-state index contributed by atoms with van der Waals surface area (Å²) < 4.78 is 61.4. The van der Waals surface area contributed by atoms with Crippen molar-refractivity contribution in [1.29, 1.82) is 0 Å². The van der Waals surface area contributed by atoms with Gasteiger partial charge in [0.25, 0.3) is 5.91 Å². The average Bonchev–Trinajstić information content (AvgIpc) is 3.26. The summed E-state index contributed by atoms with van der Waals surface area (Å²) in [5, 5.41) is 5.56. The van der Waals surface area contributed by atoms with E-state index in [1.807, 2.05) is 30.3 Å². The Kier molecular flexibility index (Phi) is 7.20. The van der Waals surface area contributed by atoms with Crippen molar-refractivity contribution in [2.45, 2.75) is 12.6 Å². The SMILES string of the molecule is O=C(Nc1ccc(N(S)C(=O)NCCc2cc3ccccc3o2)cc1C(F)(F)F)c1ccccc1F. The van der Waals surface area contributed by atoms with Gasteiger partial charge in [-0.1, -0.05) is 43.1 Å². The summed E-state index contributed by atoms with van der Waals surface area (Å²) in [6.45, 7) is 0.151. The third-order valence-electron chi connectivity index (χ3n) is 5.24. The first kappa shape index (κ1) is 25.1. The fraction of sp³-hybridized carbons (Fsp3) is 0.120. The van der Waals surface area contributed by atoms with Gasteiger partial charge in [0.1, 0.15) is 17.2 Å². The number of anilines is 2. The highest BCUT2D eigenvalue weighted by atomic mass is 32.1. The fourth-order valence-corrected chi connectivity index (χ4v) is 3.68. The summed E-state index contributed by atoms with van der Waals surface area (Å²) in [4.78, 5) is 24.8. The zero-order valence-electron chi connectivity index (χ0n) is 18.5. The van der Waals surface area contributed by atoms with Crippen LogP contribution in [-0.2, 0) is 12.6 Å². The van der Waals surface area contributed by atoms with Gasteiger partial charge in [-0.05, 0) is 42.5 Å². The minimum atomic E-state index is -4.87. The van der Waals surface area contributed by atoms with E-state index in [1.165, 1.54) is 18.2 Å². The van der Waals surface area contributed by atoms with Gasteiger partial charge in [-0.15, -0.1) is 0 Å². The Bertz CT molecular complexity index is 1390. The van der Waals surface area contributed by atoms with Crippen molar-refractivity contribution in [1.82, 2.24) is 5.32 Å². The van der Waals surface area contributed by atoms with Gasteiger partial charge >= 0.3 is 12.2 Å². The molecule has 3 amide bonds. The lowest BCUT2D eigenvalue weighted by Crippen LogP contribution is -2.35. The number of nitrogens with one attached hydrogen (secondary N) is 2. The molecule has 11 heteroatoms. The number of carbonyl (C=O) groups is 2. The van der Waals surface area contributed by atoms with Gasteiger partial charge in [0, 0.05) is 18.4 Å². The highest BCUT2D eigenvalue weighted by Gasteiger charge is 2.35. The van der Waals surface area contributed by atoms with Crippen LogP contribution < -0.4 is 14.9 Å². The van der Waals surface area contributed by atoms with Crippen LogP contribution in [-0.4, -0.2) is 18.5 Å². The van der Waals surface area contributed by atoms with Crippen LogP contribution >= 0.6 is 12.8 Å². The summed E-state index contributed by atoms with van der Waals surface area (Å²) in [6, 6.07) is 16.2. The van der Waals surface area contributed by atoms with Gasteiger partial charge in [-0.3, -0.25) is 4.79 Å². The van der Waals surface area contributed by atoms with Crippen molar-refractivity contribution in [3.63, 3.8) is 0 Å². The summed E-state index contributed by atoms with van der Waals surface area (Å²) >= 11 is 4.03. The maximum Gasteiger partial charge on any atom is 0.418 e. The van der Waals surface area contributed by atoms with Gasteiger partial charge < -0.3 is 15.1 Å². The summed E-state index contributed by atoms with van der Waals surface area (Å²) in [7, 11) is 0. The molecular formula is C25H19F4N3O3S. The van der Waals surface area contributed by atoms with Crippen molar-refractivity contribution in [2.24, 2.45) is 0 Å². The number of carbonyl (C=O) groups excluding carboxylic acids is 2. The molecule has 2 N–H and O–H groups in total. The molecule has 0 fully saturated rings. The molecule has 0 saturated carbocycles. The monoisotopic (exact) mass is 517 g/mol. The number of halogens is 4. The molecule has 0 saturated heterocycles. The molecule has 0 atom stereocenters. The predicted octanol–water partition coefficient (Wildman–Crippen LogP) is 6.45. The van der Waals surface area contributed by atoms with Crippen LogP contribution in [0.3, 0.4) is 0 Å². The molecule has 36 heavy (non-hydrogen) atoms. The fourth-order valence-electron chi connectivity index (χ4n) is 3.49. The van der Waals surface area contributed by atoms with E-state index < -0.39 is 40.7 Å². The number of hydrogen-bond acceptors (Lipinski definition) is 4. The number of benzene rings is 3. The first-order chi connectivity index (χ1) is 17.1. The molecule has 1 aromatic heterocycles. The molecule has 0 radical (unpaired) electrons. The van der Waals surface area contributed by atoms with Crippen LogP contribution in [0.4, 0.5) is 33.7 Å². The number of para-hydroxylation sites is 1. The van der Waals surface area contributed by atoms with E-state index in [4.69, 9.17) is 4.42 Å². The Morgan fingerprint density at radius 2 is 1.69 bits per heavy atom. The Morgan fingerprint density at radius 3 is 2.42 bits per heavy atom. The number of rotatable bonds is 6. The highest BCUT2D eigenvalue weighted by Crippen LogP contribution is 2.38. The molecule has 3 aromatic carbocycles. The molecule has 186 valence electrons. The van der Waals surface area contributed by atoms with Crippen molar-refractivity contribution >= 4 is 47.1 Å². The highest BCUT2D eigenvalue weighted by molar-refractivity contribution is 7.82. The van der Waals surface area contributed by atoms with Crippen molar-refractivity contribution in [2.75, 3.05) is 16.2 Å². The quantitative estimate of drug-likeness (QED) is 0.203. The standard InChI is InChI=1S/C25H19F4N3O3S/c26-20-7-3-2-6-18(20)23(33)31-21-10-9-16(14-19(21)25(27,28)29)32(36)24(34)30-12-11-17-13-15-5-1-4-8-22(15)35-17/h1-10,13-14,36H,11-12H2,(H,30,34)(H,31,33). The second-order valence-corrected chi connectivity index (χ2v) is 8.11. The van der Waals surface area contributed by atoms with Crippen molar-refractivity contribution in [3.05, 3.63) is 95.5 Å². The maximum atomic E-state index is 13.9. The Labute approximate surface area is 208 Å². The molecule has 0 spiro atoms. The topological polar surface area (TPSA) is 74.6 Å². The first-order valence-electron chi connectivity index (χ1n) is 10.6. The van der Waals surface area contributed by atoms with Crippen LogP contribution in [0.25, 0.3) is 11.0 Å². The third kappa shape index (κ3) is 5.62. The molecule has 1 heterocycles. The van der Waals surface area contributed by atoms with Gasteiger partial charge in [-0.25, -0.2) is 13.5 Å². The zero-order valence-corrected chi connectivity index (χ0v) is 19.4. The van der Waals surface area contributed by atoms with E-state index in [9.17, 15) is 27.2 Å². The predicted molar refractivity (Wildman–Crippen MR) is 131 cm³/mol. The number of alkyl halides is 3. The molecule has 0 aliphatic heterocycles. The van der Waals surface area contributed by atoms with Crippen LogP contribution in [0.5, 0.6) is 0 Å². The average molecular weight is 518 g/mol. The van der Waals surface area contributed by atoms with Gasteiger partial charge in [0.2, 0.25) is 0 Å². The minimum Gasteiger partial charge on any atom is -0.461 e. The number of thiol groups is 1. The number of amides is 3. The Hall–Kier alpha value is -3.99. The largest absolute Gasteiger partial charge is 0.461 e. The van der Waals surface area contributed by atoms with Crippen molar-refractivity contribution in [3.8, 4) is 0 Å². The molecule has 4 rings (SSSR count). The normalized spacial score (nSPS) is 11.4. The summed E-state index contributed by atoms with van der Waals surface area (Å²) in [5.74, 6) is -1.28. The molecule has 0 aliphatic rings. The Morgan fingerprint density at radius 1 is 0.972 bits per heavy atom. The van der Waals surface area contributed by atoms with Crippen LogP contribution in [0.2, 0.25) is 0 Å². The van der Waals surface area contributed by atoms with Gasteiger partial charge in [0.05, 0.1) is 22.5 Å². The van der Waals surface area contributed by atoms with E-state index >= 15 is 0 Å². The molecule has 0 aliphatic carbocycles. The molecular weight excluding hydrogens is 498 g/mol. The molecule has 6 nitrogen and oxygen atoms in total. The number of hydrogen-bond donors (Lipinski definition) is 3. The van der Waals surface area contributed by atoms with E-state index in [0.717, 1.165) is 27.9 Å². The lowest BCUT2D eigenvalue weighted by Gasteiger charge is -2.20. The lowest BCUT2D eigenvalue weighted by atomic mass is 10.1. The van der Waals surface area contributed by atoms with E-state index in [-0.39, 0.29) is 12.2 Å². The Balaban J connectivity index is 1.45. The summed E-state index contributed by atoms with van der Waals surface area (Å²) in [5.41, 5.74) is -1.70. The van der Waals surface area contributed by atoms with E-state index in [2.05, 4.69) is 23.4 Å². The molecule has 0 bridgehead atoms. The van der Waals surface area contributed by atoms with Gasteiger partial charge in [-0.2, -0.15) is 13.2 Å². The number of furan rings is 1. The zero-order chi connectivity index (χ0) is 25.9. The van der Waals surface area contributed by atoms with Gasteiger partial charge in [0.15, 0.2) is 0 Å². The van der Waals surface area contributed by atoms with Crippen LogP contribution in [0.15, 0.2) is 77.2 Å². The summed E-state index contributed by atoms with van der Waals surface area (Å²) in [6.07, 6.45) is -4.52. The molecule has 4 aromatic rings. The minimum absolute atomic E-state index is 0.151. The molecule has 0 unspecified atom stereocenters. The smallest absolute Gasteiger partial charge is 0.418 e. The lowest BCUT2D eigenvalue weighted by molar-refractivity contribution is -0.136. The second-order valence-electron chi connectivity index (χ2n) is 7.71. The third-order valence-corrected chi connectivity index (χ3v) is 5.65. The number of urea groups is 1. The first-order valence-corrected chi connectivity index (χ1v) is 11.0. The van der Waals surface area contributed by atoms with Crippen LogP contribution in [0, 0.1) is 5.82 Å². The number of nitrogens with zero attached hydrogens (tertiary/aromatic N) is 1. The van der Waals surface area contributed by atoms with E-state index in [0.29, 0.717) is 23.8 Å². The van der Waals surface area contributed by atoms with Crippen molar-refractivity contribution < 1.29 is 31.6 Å². The van der Waals surface area contributed by atoms with E-state index in [1.54, 1.807) is 0 Å².